The standard InChI is InChI=1S/C19H23NO2/c1-2-3-9-17-10-5-12-20(17)19(21)16-8-4-7-15(14-16)18-11-6-13-22-18/h4,6-8,11,13-14,17H,2-3,5,9-10,12H2,1H3. The molecule has 2 heterocycles. The third-order valence-electron chi connectivity index (χ3n) is 4.44. The van der Waals surface area contributed by atoms with E-state index in [2.05, 4.69) is 11.8 Å². The molecule has 116 valence electrons. The van der Waals surface area contributed by atoms with E-state index >= 15 is 0 Å². The molecule has 1 aliphatic rings. The van der Waals surface area contributed by atoms with E-state index in [1.165, 1.54) is 12.8 Å². The van der Waals surface area contributed by atoms with Crippen molar-refractivity contribution < 1.29 is 9.21 Å². The van der Waals surface area contributed by atoms with Crippen molar-refractivity contribution in [2.75, 3.05) is 6.54 Å². The molecule has 0 spiro atoms. The number of rotatable bonds is 5. The van der Waals surface area contributed by atoms with Crippen molar-refractivity contribution in [1.82, 2.24) is 4.90 Å². The Morgan fingerprint density at radius 1 is 1.32 bits per heavy atom. The van der Waals surface area contributed by atoms with Gasteiger partial charge < -0.3 is 9.32 Å². The van der Waals surface area contributed by atoms with E-state index in [-0.39, 0.29) is 5.91 Å². The van der Waals surface area contributed by atoms with Gasteiger partial charge >= 0.3 is 0 Å². The predicted molar refractivity (Wildman–Crippen MR) is 87.7 cm³/mol. The fourth-order valence-electron chi connectivity index (χ4n) is 3.26. The average molecular weight is 297 g/mol. The maximum Gasteiger partial charge on any atom is 0.254 e. The zero-order valence-electron chi connectivity index (χ0n) is 13.1. The molecule has 1 amide bonds. The molecule has 0 N–H and O–H groups in total. The number of furan rings is 1. The Hall–Kier alpha value is -2.03. The number of benzene rings is 1. The van der Waals surface area contributed by atoms with E-state index in [4.69, 9.17) is 4.42 Å². The third-order valence-corrected chi connectivity index (χ3v) is 4.44. The summed E-state index contributed by atoms with van der Waals surface area (Å²) in [5, 5.41) is 0. The number of amides is 1. The molecule has 1 aliphatic heterocycles. The van der Waals surface area contributed by atoms with Crippen molar-refractivity contribution in [2.45, 2.75) is 45.1 Å². The van der Waals surface area contributed by atoms with Crippen LogP contribution in [0, 0.1) is 0 Å². The van der Waals surface area contributed by atoms with Gasteiger partial charge in [-0.1, -0.05) is 31.9 Å². The zero-order valence-corrected chi connectivity index (χ0v) is 13.1. The minimum Gasteiger partial charge on any atom is -0.464 e. The monoisotopic (exact) mass is 297 g/mol. The molecule has 0 radical (unpaired) electrons. The number of carbonyl (C=O) groups excluding carboxylic acids is 1. The van der Waals surface area contributed by atoms with Crippen LogP contribution in [0.1, 0.15) is 49.4 Å². The fourth-order valence-corrected chi connectivity index (χ4v) is 3.26. The van der Waals surface area contributed by atoms with Crippen LogP contribution in [0.2, 0.25) is 0 Å². The molecule has 1 atom stereocenters. The molecule has 0 saturated carbocycles. The Morgan fingerprint density at radius 3 is 3.00 bits per heavy atom. The van der Waals surface area contributed by atoms with Crippen LogP contribution in [-0.4, -0.2) is 23.4 Å². The van der Waals surface area contributed by atoms with Crippen LogP contribution in [0.5, 0.6) is 0 Å². The van der Waals surface area contributed by atoms with E-state index in [0.29, 0.717) is 6.04 Å². The van der Waals surface area contributed by atoms with Crippen molar-refractivity contribution in [3.05, 3.63) is 48.2 Å². The Kier molecular flexibility index (Phi) is 4.62. The largest absolute Gasteiger partial charge is 0.464 e. The van der Waals surface area contributed by atoms with Crippen molar-refractivity contribution in [2.24, 2.45) is 0 Å². The lowest BCUT2D eigenvalue weighted by Crippen LogP contribution is -2.35. The van der Waals surface area contributed by atoms with Crippen molar-refractivity contribution in [3.63, 3.8) is 0 Å². The maximum absolute atomic E-state index is 12.8. The lowest BCUT2D eigenvalue weighted by Gasteiger charge is -2.25. The average Bonchev–Trinajstić information content (AvgIpc) is 3.23. The second kappa shape index (κ2) is 6.82. The first-order chi connectivity index (χ1) is 10.8. The van der Waals surface area contributed by atoms with E-state index in [9.17, 15) is 4.79 Å². The van der Waals surface area contributed by atoms with Gasteiger partial charge in [-0.15, -0.1) is 0 Å². The summed E-state index contributed by atoms with van der Waals surface area (Å²) in [4.78, 5) is 14.9. The molecule has 22 heavy (non-hydrogen) atoms. The van der Waals surface area contributed by atoms with Gasteiger partial charge in [-0.2, -0.15) is 0 Å². The minimum absolute atomic E-state index is 0.159. The van der Waals surface area contributed by atoms with Crippen LogP contribution in [0.3, 0.4) is 0 Å². The molecule has 1 aromatic carbocycles. The summed E-state index contributed by atoms with van der Waals surface area (Å²) in [6.45, 7) is 3.09. The molecule has 1 fully saturated rings. The van der Waals surface area contributed by atoms with Gasteiger partial charge in [-0.25, -0.2) is 0 Å². The number of likely N-dealkylation sites (tertiary alicyclic amines) is 1. The molecular formula is C19H23NO2. The zero-order chi connectivity index (χ0) is 15.4. The summed E-state index contributed by atoms with van der Waals surface area (Å²) < 4.78 is 5.43. The molecule has 1 saturated heterocycles. The number of nitrogens with zero attached hydrogens (tertiary/aromatic N) is 1. The molecule has 0 bridgehead atoms. The summed E-state index contributed by atoms with van der Waals surface area (Å²) in [6.07, 6.45) is 7.43. The molecular weight excluding hydrogens is 274 g/mol. The summed E-state index contributed by atoms with van der Waals surface area (Å²) in [5.74, 6) is 0.964. The smallest absolute Gasteiger partial charge is 0.254 e. The lowest BCUT2D eigenvalue weighted by atomic mass is 10.1. The van der Waals surface area contributed by atoms with Gasteiger partial charge in [-0.05, 0) is 43.5 Å². The first kappa shape index (κ1) is 14.9. The van der Waals surface area contributed by atoms with E-state index in [1.807, 2.05) is 36.4 Å². The quantitative estimate of drug-likeness (QED) is 0.798. The van der Waals surface area contributed by atoms with Crippen LogP contribution in [0.15, 0.2) is 47.1 Å². The molecule has 3 heteroatoms. The Bertz CT molecular complexity index is 618. The van der Waals surface area contributed by atoms with Crippen LogP contribution in [0.25, 0.3) is 11.3 Å². The molecule has 3 nitrogen and oxygen atoms in total. The Balaban J connectivity index is 1.78. The van der Waals surface area contributed by atoms with Gasteiger partial charge in [0.2, 0.25) is 0 Å². The lowest BCUT2D eigenvalue weighted by molar-refractivity contribution is 0.0729. The van der Waals surface area contributed by atoms with Crippen LogP contribution in [-0.2, 0) is 0 Å². The summed E-state index contributed by atoms with van der Waals surface area (Å²) in [7, 11) is 0. The highest BCUT2D eigenvalue weighted by Gasteiger charge is 2.28. The van der Waals surface area contributed by atoms with Gasteiger partial charge in [0.05, 0.1) is 6.26 Å². The van der Waals surface area contributed by atoms with E-state index in [1.54, 1.807) is 6.26 Å². The van der Waals surface area contributed by atoms with Gasteiger partial charge in [0.25, 0.3) is 5.91 Å². The van der Waals surface area contributed by atoms with Crippen molar-refractivity contribution >= 4 is 5.91 Å². The number of carbonyl (C=O) groups is 1. The number of hydrogen-bond donors (Lipinski definition) is 0. The first-order valence-corrected chi connectivity index (χ1v) is 8.24. The molecule has 0 aliphatic carbocycles. The second-order valence-corrected chi connectivity index (χ2v) is 5.99. The van der Waals surface area contributed by atoms with Gasteiger partial charge in [0.1, 0.15) is 5.76 Å². The van der Waals surface area contributed by atoms with Crippen molar-refractivity contribution in [3.8, 4) is 11.3 Å². The molecule has 3 rings (SSSR count). The maximum atomic E-state index is 12.8. The Labute approximate surface area is 131 Å². The molecule has 2 aromatic rings. The van der Waals surface area contributed by atoms with Crippen molar-refractivity contribution in [1.29, 1.82) is 0 Å². The highest BCUT2D eigenvalue weighted by Crippen LogP contribution is 2.26. The Morgan fingerprint density at radius 2 is 2.23 bits per heavy atom. The summed E-state index contributed by atoms with van der Waals surface area (Å²) in [5.41, 5.74) is 1.72. The summed E-state index contributed by atoms with van der Waals surface area (Å²) in [6, 6.07) is 12.0. The molecule has 1 aromatic heterocycles. The fraction of sp³-hybridized carbons (Fsp3) is 0.421. The summed E-state index contributed by atoms with van der Waals surface area (Å²) >= 11 is 0. The normalized spacial score (nSPS) is 17.9. The topological polar surface area (TPSA) is 33.5 Å². The number of hydrogen-bond acceptors (Lipinski definition) is 2. The van der Waals surface area contributed by atoms with Crippen LogP contribution < -0.4 is 0 Å². The second-order valence-electron chi connectivity index (χ2n) is 5.99. The van der Waals surface area contributed by atoms with E-state index in [0.717, 1.165) is 42.7 Å². The van der Waals surface area contributed by atoms with Crippen LogP contribution in [0.4, 0.5) is 0 Å². The minimum atomic E-state index is 0.159. The molecule has 1 unspecified atom stereocenters. The highest BCUT2D eigenvalue weighted by atomic mass is 16.3. The predicted octanol–water partition coefficient (Wildman–Crippen LogP) is 4.74. The van der Waals surface area contributed by atoms with Gasteiger partial charge in [-0.3, -0.25) is 4.79 Å². The SMILES string of the molecule is CCCCC1CCCN1C(=O)c1cccc(-c2ccco2)c1. The van der Waals surface area contributed by atoms with E-state index < -0.39 is 0 Å². The first-order valence-electron chi connectivity index (χ1n) is 8.24. The van der Waals surface area contributed by atoms with Crippen LogP contribution >= 0.6 is 0 Å². The van der Waals surface area contributed by atoms with Gasteiger partial charge in [0, 0.05) is 23.7 Å². The third kappa shape index (κ3) is 3.08. The highest BCUT2D eigenvalue weighted by molar-refractivity contribution is 5.95. The number of unbranched alkanes of at least 4 members (excludes halogenated alkanes) is 1. The van der Waals surface area contributed by atoms with Gasteiger partial charge in [0.15, 0.2) is 0 Å².